The van der Waals surface area contributed by atoms with Gasteiger partial charge in [-0.15, -0.1) is 12.4 Å². The predicted molar refractivity (Wildman–Crippen MR) is 81.5 cm³/mol. The average molecular weight is 385 g/mol. The highest BCUT2D eigenvalue weighted by atomic mass is 79.9. The second kappa shape index (κ2) is 7.10. The molecule has 96 valence electrons. The zero-order chi connectivity index (χ0) is 11.5. The molecular weight excluding hydrogens is 367 g/mol. The molecule has 0 bridgehead atoms. The molecule has 0 aromatic heterocycles. The number of halogens is 3. The summed E-state index contributed by atoms with van der Waals surface area (Å²) in [7, 11) is 0. The van der Waals surface area contributed by atoms with Crippen LogP contribution in [0.25, 0.3) is 0 Å². The number of benzene rings is 1. The van der Waals surface area contributed by atoms with E-state index in [1.165, 1.54) is 18.5 Å². The van der Waals surface area contributed by atoms with Gasteiger partial charge >= 0.3 is 0 Å². The fourth-order valence-electron chi connectivity index (χ4n) is 2.15. The minimum absolute atomic E-state index is 0. The van der Waals surface area contributed by atoms with Crippen molar-refractivity contribution in [2.75, 3.05) is 19.6 Å². The van der Waals surface area contributed by atoms with Crippen molar-refractivity contribution in [3.05, 3.63) is 32.7 Å². The second-order valence-corrected chi connectivity index (χ2v) is 6.08. The summed E-state index contributed by atoms with van der Waals surface area (Å²) in [6.45, 7) is 4.17. The molecule has 1 unspecified atom stereocenters. The highest BCUT2D eigenvalue weighted by molar-refractivity contribution is 9.13. The van der Waals surface area contributed by atoms with Gasteiger partial charge in [-0.2, -0.15) is 0 Å². The van der Waals surface area contributed by atoms with E-state index in [0.29, 0.717) is 5.92 Å². The molecule has 1 aromatic rings. The quantitative estimate of drug-likeness (QED) is 0.865. The van der Waals surface area contributed by atoms with Crippen molar-refractivity contribution in [3.63, 3.8) is 0 Å². The van der Waals surface area contributed by atoms with Crippen LogP contribution in [0.5, 0.6) is 0 Å². The van der Waals surface area contributed by atoms with Crippen molar-refractivity contribution >= 4 is 44.3 Å². The molecule has 1 heterocycles. The van der Waals surface area contributed by atoms with Crippen molar-refractivity contribution < 1.29 is 0 Å². The molecule has 1 aromatic carbocycles. The average Bonchev–Trinajstić information content (AvgIpc) is 2.71. The molecule has 17 heavy (non-hydrogen) atoms. The third-order valence-electron chi connectivity index (χ3n) is 3.09. The SMILES string of the molecule is Cl.NCC1CCN(Cc2ccc(Br)c(Br)c2)C1. The zero-order valence-corrected chi connectivity index (χ0v) is 13.5. The summed E-state index contributed by atoms with van der Waals surface area (Å²) in [6.07, 6.45) is 1.24. The first kappa shape index (κ1) is 15.4. The van der Waals surface area contributed by atoms with Crippen molar-refractivity contribution in [2.45, 2.75) is 13.0 Å². The van der Waals surface area contributed by atoms with Crippen molar-refractivity contribution in [3.8, 4) is 0 Å². The van der Waals surface area contributed by atoms with Crippen LogP contribution in [0.1, 0.15) is 12.0 Å². The molecule has 0 saturated carbocycles. The largest absolute Gasteiger partial charge is 0.330 e. The third kappa shape index (κ3) is 4.21. The Balaban J connectivity index is 0.00000144. The van der Waals surface area contributed by atoms with Crippen LogP contribution in [0.15, 0.2) is 27.1 Å². The van der Waals surface area contributed by atoms with Crippen molar-refractivity contribution in [2.24, 2.45) is 11.7 Å². The number of likely N-dealkylation sites (tertiary alicyclic amines) is 1. The van der Waals surface area contributed by atoms with E-state index in [9.17, 15) is 0 Å². The van der Waals surface area contributed by atoms with Crippen LogP contribution in [-0.4, -0.2) is 24.5 Å². The van der Waals surface area contributed by atoms with E-state index >= 15 is 0 Å². The van der Waals surface area contributed by atoms with Crippen LogP contribution in [0.3, 0.4) is 0 Å². The Hall–Kier alpha value is 0.390. The fraction of sp³-hybridized carbons (Fsp3) is 0.500. The molecule has 0 spiro atoms. The molecule has 2 N–H and O–H groups in total. The molecular formula is C12H17Br2ClN2. The molecule has 0 radical (unpaired) electrons. The number of hydrogen-bond donors (Lipinski definition) is 1. The maximum absolute atomic E-state index is 5.69. The van der Waals surface area contributed by atoms with Gasteiger partial charge in [-0.3, -0.25) is 4.90 Å². The summed E-state index contributed by atoms with van der Waals surface area (Å²) < 4.78 is 2.23. The molecule has 2 rings (SSSR count). The van der Waals surface area contributed by atoms with Crippen molar-refractivity contribution in [1.29, 1.82) is 0 Å². The van der Waals surface area contributed by atoms with Crippen molar-refractivity contribution in [1.82, 2.24) is 4.90 Å². The Morgan fingerprint density at radius 1 is 1.29 bits per heavy atom. The Bertz CT molecular complexity index is 374. The lowest BCUT2D eigenvalue weighted by atomic mass is 10.1. The Labute approximate surface area is 126 Å². The predicted octanol–water partition coefficient (Wildman–Crippen LogP) is 3.41. The molecule has 1 aliphatic heterocycles. The maximum atomic E-state index is 5.69. The molecule has 1 aliphatic rings. The topological polar surface area (TPSA) is 29.3 Å². The van der Waals surface area contributed by atoms with E-state index in [4.69, 9.17) is 5.73 Å². The summed E-state index contributed by atoms with van der Waals surface area (Å²) in [5, 5.41) is 0. The lowest BCUT2D eigenvalue weighted by molar-refractivity contribution is 0.318. The van der Waals surface area contributed by atoms with Crippen LogP contribution in [0.4, 0.5) is 0 Å². The monoisotopic (exact) mass is 382 g/mol. The van der Waals surface area contributed by atoms with Gasteiger partial charge in [-0.05, 0) is 75.0 Å². The molecule has 1 atom stereocenters. The normalized spacial score (nSPS) is 20.3. The first-order chi connectivity index (χ1) is 7.69. The fourth-order valence-corrected chi connectivity index (χ4v) is 2.82. The standard InChI is InChI=1S/C12H16Br2N2.ClH/c13-11-2-1-9(5-12(11)14)7-16-4-3-10(6-15)8-16;/h1-2,5,10H,3-4,6-8,15H2;1H. The summed E-state index contributed by atoms with van der Waals surface area (Å²) in [6, 6.07) is 6.44. The minimum Gasteiger partial charge on any atom is -0.330 e. The zero-order valence-electron chi connectivity index (χ0n) is 9.53. The van der Waals surface area contributed by atoms with Gasteiger partial charge < -0.3 is 5.73 Å². The van der Waals surface area contributed by atoms with Gasteiger partial charge in [0, 0.05) is 22.0 Å². The van der Waals surface area contributed by atoms with E-state index in [-0.39, 0.29) is 12.4 Å². The molecule has 0 aliphatic carbocycles. The van der Waals surface area contributed by atoms with Crippen LogP contribution in [-0.2, 0) is 6.54 Å². The van der Waals surface area contributed by atoms with Gasteiger partial charge in [0.1, 0.15) is 0 Å². The van der Waals surface area contributed by atoms with E-state index < -0.39 is 0 Å². The Morgan fingerprint density at radius 3 is 2.65 bits per heavy atom. The second-order valence-electron chi connectivity index (χ2n) is 4.37. The number of rotatable bonds is 3. The maximum Gasteiger partial charge on any atom is 0.0320 e. The summed E-state index contributed by atoms with van der Waals surface area (Å²) in [5.74, 6) is 0.693. The van der Waals surface area contributed by atoms with Gasteiger partial charge in [-0.25, -0.2) is 0 Å². The molecule has 1 saturated heterocycles. The van der Waals surface area contributed by atoms with Gasteiger partial charge in [-0.1, -0.05) is 6.07 Å². The third-order valence-corrected chi connectivity index (χ3v) is 4.97. The van der Waals surface area contributed by atoms with E-state index in [0.717, 1.165) is 28.6 Å². The molecule has 5 heteroatoms. The number of nitrogens with zero attached hydrogens (tertiary/aromatic N) is 1. The summed E-state index contributed by atoms with van der Waals surface area (Å²) in [5.41, 5.74) is 7.05. The van der Waals surface area contributed by atoms with E-state index in [1.54, 1.807) is 0 Å². The van der Waals surface area contributed by atoms with E-state index in [2.05, 4.69) is 55.0 Å². The lowest BCUT2D eigenvalue weighted by Gasteiger charge is -2.16. The molecule has 2 nitrogen and oxygen atoms in total. The molecule has 1 fully saturated rings. The van der Waals surface area contributed by atoms with Crippen LogP contribution >= 0.6 is 44.3 Å². The first-order valence-electron chi connectivity index (χ1n) is 5.55. The smallest absolute Gasteiger partial charge is 0.0320 e. The summed E-state index contributed by atoms with van der Waals surface area (Å²) >= 11 is 7.02. The van der Waals surface area contributed by atoms with E-state index in [1.807, 2.05) is 0 Å². The Kier molecular flexibility index (Phi) is 6.45. The highest BCUT2D eigenvalue weighted by Gasteiger charge is 2.20. The Morgan fingerprint density at radius 2 is 2.06 bits per heavy atom. The van der Waals surface area contributed by atoms with Gasteiger partial charge in [0.2, 0.25) is 0 Å². The van der Waals surface area contributed by atoms with Gasteiger partial charge in [0.15, 0.2) is 0 Å². The van der Waals surface area contributed by atoms with Gasteiger partial charge in [0.25, 0.3) is 0 Å². The van der Waals surface area contributed by atoms with Crippen LogP contribution in [0.2, 0.25) is 0 Å². The lowest BCUT2D eigenvalue weighted by Crippen LogP contribution is -2.22. The summed E-state index contributed by atoms with van der Waals surface area (Å²) in [4.78, 5) is 2.48. The molecule has 0 amide bonds. The van der Waals surface area contributed by atoms with Gasteiger partial charge in [0.05, 0.1) is 0 Å². The number of nitrogens with two attached hydrogens (primary N) is 1. The first-order valence-corrected chi connectivity index (χ1v) is 7.14. The minimum atomic E-state index is 0. The highest BCUT2D eigenvalue weighted by Crippen LogP contribution is 2.25. The van der Waals surface area contributed by atoms with Crippen LogP contribution < -0.4 is 5.73 Å². The van der Waals surface area contributed by atoms with Crippen LogP contribution in [0, 0.1) is 5.92 Å². The number of hydrogen-bond acceptors (Lipinski definition) is 2.